The predicted octanol–water partition coefficient (Wildman–Crippen LogP) is 2.80. The number of halogens is 3. The molecule has 1 aliphatic heterocycles. The van der Waals surface area contributed by atoms with E-state index in [1.807, 2.05) is 7.05 Å². The van der Waals surface area contributed by atoms with E-state index in [4.69, 9.17) is 0 Å². The minimum Gasteiger partial charge on any atom is -0.332 e. The minimum atomic E-state index is -1.58. The fourth-order valence-electron chi connectivity index (χ4n) is 3.09. The number of nitrogens with zero attached hydrogens (tertiary/aromatic N) is 2. The van der Waals surface area contributed by atoms with Crippen molar-refractivity contribution >= 4 is 5.91 Å². The number of carbonyl (C=O) groups is 1. The third-order valence-corrected chi connectivity index (χ3v) is 4.52. The second-order valence-electron chi connectivity index (χ2n) is 6.20. The molecule has 1 amide bonds. The van der Waals surface area contributed by atoms with Crippen molar-refractivity contribution in [3.05, 3.63) is 35.1 Å². The van der Waals surface area contributed by atoms with Gasteiger partial charge in [-0.2, -0.15) is 0 Å². The second-order valence-corrected chi connectivity index (χ2v) is 6.20. The zero-order valence-electron chi connectivity index (χ0n) is 12.5. The lowest BCUT2D eigenvalue weighted by Gasteiger charge is -2.37. The van der Waals surface area contributed by atoms with Crippen molar-refractivity contribution in [1.82, 2.24) is 9.80 Å². The number of hydrogen-bond acceptors (Lipinski definition) is 2. The average Bonchev–Trinajstić information content (AvgIpc) is 3.32. The van der Waals surface area contributed by atoms with Crippen LogP contribution in [-0.2, 0) is 0 Å². The summed E-state index contributed by atoms with van der Waals surface area (Å²) in [5, 5.41) is 0. The maximum absolute atomic E-state index is 13.9. The van der Waals surface area contributed by atoms with Gasteiger partial charge in [0.25, 0.3) is 5.91 Å². The zero-order chi connectivity index (χ0) is 15.9. The summed E-state index contributed by atoms with van der Waals surface area (Å²) in [5.74, 6) is -4.76. The molecule has 0 atom stereocenters. The van der Waals surface area contributed by atoms with E-state index in [1.54, 1.807) is 4.90 Å². The molecule has 1 aromatic carbocycles. The first kappa shape index (κ1) is 15.3. The SMILES string of the molecule is CN1CCC(N(C(=O)c2ccc(F)c(F)c2F)C2CC2)CC1. The van der Waals surface area contributed by atoms with E-state index >= 15 is 0 Å². The Kier molecular flexibility index (Phi) is 4.12. The Morgan fingerprint density at radius 3 is 2.23 bits per heavy atom. The molecule has 2 aliphatic rings. The number of carbonyl (C=O) groups excluding carboxylic acids is 1. The molecule has 0 bridgehead atoms. The molecule has 0 N–H and O–H groups in total. The zero-order valence-corrected chi connectivity index (χ0v) is 12.5. The van der Waals surface area contributed by atoms with E-state index in [9.17, 15) is 18.0 Å². The van der Waals surface area contributed by atoms with Crippen LogP contribution in [0.4, 0.5) is 13.2 Å². The smallest absolute Gasteiger partial charge is 0.257 e. The largest absolute Gasteiger partial charge is 0.332 e. The molecular weight excluding hydrogens is 293 g/mol. The van der Waals surface area contributed by atoms with Crippen LogP contribution >= 0.6 is 0 Å². The van der Waals surface area contributed by atoms with Crippen LogP contribution in [0.15, 0.2) is 12.1 Å². The third-order valence-electron chi connectivity index (χ3n) is 4.52. The average molecular weight is 312 g/mol. The molecular formula is C16H19F3N2O. The van der Waals surface area contributed by atoms with E-state index in [2.05, 4.69) is 4.90 Å². The van der Waals surface area contributed by atoms with Gasteiger partial charge < -0.3 is 9.80 Å². The number of rotatable bonds is 3. The highest BCUT2D eigenvalue weighted by Crippen LogP contribution is 2.33. The topological polar surface area (TPSA) is 23.6 Å². The molecule has 1 saturated carbocycles. The van der Waals surface area contributed by atoms with Crippen molar-refractivity contribution < 1.29 is 18.0 Å². The molecule has 1 aliphatic carbocycles. The lowest BCUT2D eigenvalue weighted by Crippen LogP contribution is -2.47. The Morgan fingerprint density at radius 1 is 1.05 bits per heavy atom. The standard InChI is InChI=1S/C16H19F3N2O/c1-20-8-6-11(7-9-20)21(10-2-3-10)16(22)12-4-5-13(17)15(19)14(12)18/h4-5,10-11H,2-3,6-9H2,1H3. The Morgan fingerprint density at radius 2 is 1.64 bits per heavy atom. The highest BCUT2D eigenvalue weighted by atomic mass is 19.2. The fraction of sp³-hybridized carbons (Fsp3) is 0.562. The monoisotopic (exact) mass is 312 g/mol. The van der Waals surface area contributed by atoms with Gasteiger partial charge in [0, 0.05) is 12.1 Å². The van der Waals surface area contributed by atoms with Gasteiger partial charge in [0.05, 0.1) is 5.56 Å². The van der Waals surface area contributed by atoms with Gasteiger partial charge >= 0.3 is 0 Å². The molecule has 22 heavy (non-hydrogen) atoms. The van der Waals surface area contributed by atoms with Gasteiger partial charge in [-0.3, -0.25) is 4.79 Å². The normalized spacial score (nSPS) is 20.2. The van der Waals surface area contributed by atoms with Crippen molar-refractivity contribution in [1.29, 1.82) is 0 Å². The number of amides is 1. The summed E-state index contributed by atoms with van der Waals surface area (Å²) >= 11 is 0. The number of piperidine rings is 1. The molecule has 3 rings (SSSR count). The van der Waals surface area contributed by atoms with Gasteiger partial charge in [-0.05, 0) is 58.0 Å². The van der Waals surface area contributed by atoms with Crippen LogP contribution in [0.5, 0.6) is 0 Å². The highest BCUT2D eigenvalue weighted by molar-refractivity contribution is 5.95. The lowest BCUT2D eigenvalue weighted by atomic mass is 10.0. The molecule has 0 aromatic heterocycles. The lowest BCUT2D eigenvalue weighted by molar-refractivity contribution is 0.0563. The van der Waals surface area contributed by atoms with Crippen LogP contribution in [0.2, 0.25) is 0 Å². The first-order chi connectivity index (χ1) is 10.5. The fourth-order valence-corrected chi connectivity index (χ4v) is 3.09. The molecule has 0 radical (unpaired) electrons. The molecule has 120 valence electrons. The maximum Gasteiger partial charge on any atom is 0.257 e. The van der Waals surface area contributed by atoms with Gasteiger partial charge in [-0.1, -0.05) is 0 Å². The first-order valence-corrected chi connectivity index (χ1v) is 7.63. The van der Waals surface area contributed by atoms with Gasteiger partial charge in [0.1, 0.15) is 0 Å². The van der Waals surface area contributed by atoms with Crippen molar-refractivity contribution in [2.24, 2.45) is 0 Å². The van der Waals surface area contributed by atoms with Crippen LogP contribution in [0.3, 0.4) is 0 Å². The molecule has 0 unspecified atom stereocenters. The third kappa shape index (κ3) is 2.84. The van der Waals surface area contributed by atoms with Crippen molar-refractivity contribution in [3.63, 3.8) is 0 Å². The summed E-state index contributed by atoms with van der Waals surface area (Å²) in [6.45, 7) is 1.75. The van der Waals surface area contributed by atoms with Gasteiger partial charge in [-0.15, -0.1) is 0 Å². The molecule has 1 heterocycles. The summed E-state index contributed by atoms with van der Waals surface area (Å²) in [6, 6.07) is 2.00. The van der Waals surface area contributed by atoms with Crippen LogP contribution in [0.25, 0.3) is 0 Å². The van der Waals surface area contributed by atoms with Gasteiger partial charge in [-0.25, -0.2) is 13.2 Å². The van der Waals surface area contributed by atoms with Crippen molar-refractivity contribution in [2.45, 2.75) is 37.8 Å². The van der Waals surface area contributed by atoms with E-state index in [1.165, 1.54) is 0 Å². The molecule has 1 aromatic rings. The highest BCUT2D eigenvalue weighted by Gasteiger charge is 2.39. The summed E-state index contributed by atoms with van der Waals surface area (Å²) in [5.41, 5.74) is -0.371. The van der Waals surface area contributed by atoms with Crippen LogP contribution in [0.1, 0.15) is 36.0 Å². The predicted molar refractivity (Wildman–Crippen MR) is 76.0 cm³/mol. The molecule has 6 heteroatoms. The summed E-state index contributed by atoms with van der Waals surface area (Å²) in [6.07, 6.45) is 3.43. The van der Waals surface area contributed by atoms with E-state index in [0.717, 1.165) is 50.9 Å². The second kappa shape index (κ2) is 5.91. The Bertz CT molecular complexity index is 581. The van der Waals surface area contributed by atoms with E-state index in [0.29, 0.717) is 0 Å². The molecule has 3 nitrogen and oxygen atoms in total. The minimum absolute atomic E-state index is 0.0451. The van der Waals surface area contributed by atoms with Crippen LogP contribution in [0, 0.1) is 17.5 Å². The quantitative estimate of drug-likeness (QED) is 0.801. The number of hydrogen-bond donors (Lipinski definition) is 0. The van der Waals surface area contributed by atoms with Crippen molar-refractivity contribution in [2.75, 3.05) is 20.1 Å². The van der Waals surface area contributed by atoms with Gasteiger partial charge in [0.2, 0.25) is 0 Å². The summed E-state index contributed by atoms with van der Waals surface area (Å²) in [7, 11) is 2.02. The maximum atomic E-state index is 13.9. The molecule has 2 fully saturated rings. The number of benzene rings is 1. The summed E-state index contributed by atoms with van der Waals surface area (Å²) in [4.78, 5) is 16.6. The Labute approximate surface area is 127 Å². The van der Waals surface area contributed by atoms with Crippen LogP contribution < -0.4 is 0 Å². The van der Waals surface area contributed by atoms with Crippen molar-refractivity contribution in [3.8, 4) is 0 Å². The Balaban J connectivity index is 1.86. The summed E-state index contributed by atoms with van der Waals surface area (Å²) < 4.78 is 40.4. The molecule has 1 saturated heterocycles. The van der Waals surface area contributed by atoms with E-state index in [-0.39, 0.29) is 17.6 Å². The van der Waals surface area contributed by atoms with Gasteiger partial charge in [0.15, 0.2) is 17.5 Å². The first-order valence-electron chi connectivity index (χ1n) is 7.63. The van der Waals surface area contributed by atoms with E-state index < -0.39 is 23.4 Å². The Hall–Kier alpha value is -1.56. The number of likely N-dealkylation sites (tertiary alicyclic amines) is 1. The van der Waals surface area contributed by atoms with Crippen LogP contribution in [-0.4, -0.2) is 47.9 Å². The molecule has 0 spiro atoms.